The van der Waals surface area contributed by atoms with Gasteiger partial charge in [0.15, 0.2) is 0 Å². The average Bonchev–Trinajstić information content (AvgIpc) is 2.96. The molecule has 3 aromatic carbocycles. The van der Waals surface area contributed by atoms with Crippen molar-refractivity contribution in [3.05, 3.63) is 94.5 Å². The molecular formula is C31H36BrN3O4S. The van der Waals surface area contributed by atoms with Crippen LogP contribution < -0.4 is 9.62 Å². The second-order valence-corrected chi connectivity index (χ2v) is 13.1. The lowest BCUT2D eigenvalue weighted by Crippen LogP contribution is -2.53. The lowest BCUT2D eigenvalue weighted by atomic mass is 9.95. The van der Waals surface area contributed by atoms with E-state index in [1.807, 2.05) is 31.2 Å². The Labute approximate surface area is 245 Å². The average molecular weight is 627 g/mol. The highest BCUT2D eigenvalue weighted by molar-refractivity contribution is 9.10. The second kappa shape index (κ2) is 13.5. The van der Waals surface area contributed by atoms with Crippen molar-refractivity contribution in [2.24, 2.45) is 0 Å². The van der Waals surface area contributed by atoms with E-state index in [4.69, 9.17) is 0 Å². The van der Waals surface area contributed by atoms with Gasteiger partial charge in [0.2, 0.25) is 11.8 Å². The van der Waals surface area contributed by atoms with Crippen LogP contribution in [0.1, 0.15) is 50.2 Å². The van der Waals surface area contributed by atoms with Crippen LogP contribution in [0.25, 0.3) is 0 Å². The SMILES string of the molecule is Cc1ccc(S(=O)(=O)N(CC(=O)N(Cc2ccc(Br)cc2)[C@@H](C)C(=O)NC2CCCCC2)c2ccccc2)cc1. The van der Waals surface area contributed by atoms with Gasteiger partial charge in [0.25, 0.3) is 10.0 Å². The van der Waals surface area contributed by atoms with Gasteiger partial charge in [-0.1, -0.05) is 83.2 Å². The van der Waals surface area contributed by atoms with Gasteiger partial charge in [-0.15, -0.1) is 0 Å². The van der Waals surface area contributed by atoms with Gasteiger partial charge in [0.1, 0.15) is 12.6 Å². The number of aryl methyl sites for hydroxylation is 1. The Morgan fingerprint density at radius 2 is 1.55 bits per heavy atom. The molecule has 212 valence electrons. The maximum atomic E-state index is 14.0. The summed E-state index contributed by atoms with van der Waals surface area (Å²) in [6.07, 6.45) is 5.17. The zero-order chi connectivity index (χ0) is 28.7. The van der Waals surface area contributed by atoms with Crippen LogP contribution in [0.5, 0.6) is 0 Å². The van der Waals surface area contributed by atoms with E-state index in [1.54, 1.807) is 61.5 Å². The first-order valence-corrected chi connectivity index (χ1v) is 15.9. The third kappa shape index (κ3) is 7.52. The van der Waals surface area contributed by atoms with Crippen molar-refractivity contribution >= 4 is 43.5 Å². The fraction of sp³-hybridized carbons (Fsp3) is 0.355. The van der Waals surface area contributed by atoms with E-state index in [1.165, 1.54) is 11.3 Å². The zero-order valence-corrected chi connectivity index (χ0v) is 25.3. The largest absolute Gasteiger partial charge is 0.352 e. The van der Waals surface area contributed by atoms with E-state index >= 15 is 0 Å². The van der Waals surface area contributed by atoms with Gasteiger partial charge in [-0.25, -0.2) is 8.42 Å². The molecule has 9 heteroatoms. The predicted molar refractivity (Wildman–Crippen MR) is 161 cm³/mol. The second-order valence-electron chi connectivity index (χ2n) is 10.3. The van der Waals surface area contributed by atoms with Crippen LogP contribution >= 0.6 is 15.9 Å². The topological polar surface area (TPSA) is 86.8 Å². The molecule has 0 aromatic heterocycles. The number of rotatable bonds is 10. The number of hydrogen-bond donors (Lipinski definition) is 1. The smallest absolute Gasteiger partial charge is 0.264 e. The van der Waals surface area contributed by atoms with E-state index < -0.39 is 28.5 Å². The van der Waals surface area contributed by atoms with Crippen molar-refractivity contribution in [3.63, 3.8) is 0 Å². The summed E-state index contributed by atoms with van der Waals surface area (Å²) in [7, 11) is -4.07. The van der Waals surface area contributed by atoms with Gasteiger partial charge in [-0.2, -0.15) is 0 Å². The highest BCUT2D eigenvalue weighted by Gasteiger charge is 2.33. The van der Waals surface area contributed by atoms with Crippen molar-refractivity contribution in [1.82, 2.24) is 10.2 Å². The summed E-state index contributed by atoms with van der Waals surface area (Å²) in [5.41, 5.74) is 2.14. The molecule has 1 atom stereocenters. The quantitative estimate of drug-likeness (QED) is 0.308. The Hall–Kier alpha value is -3.17. The summed E-state index contributed by atoms with van der Waals surface area (Å²) >= 11 is 3.44. The standard InChI is InChI=1S/C31H36BrN3O4S/c1-23-13-19-29(20-14-23)40(38,39)35(28-11-7-4-8-12-28)22-30(36)34(21-25-15-17-26(32)18-16-25)24(2)31(37)33-27-9-5-3-6-10-27/h4,7-8,11-20,24,27H,3,5-6,9-10,21-22H2,1-2H3,(H,33,37)/t24-/m0/s1. The minimum Gasteiger partial charge on any atom is -0.352 e. The van der Waals surface area contributed by atoms with Crippen LogP contribution in [0.3, 0.4) is 0 Å². The molecule has 2 amide bonds. The molecule has 40 heavy (non-hydrogen) atoms. The van der Waals surface area contributed by atoms with E-state index in [-0.39, 0.29) is 23.4 Å². The molecule has 0 unspecified atom stereocenters. The third-order valence-corrected chi connectivity index (χ3v) is 9.63. The molecule has 1 aliphatic rings. The van der Waals surface area contributed by atoms with Crippen LogP contribution in [0.2, 0.25) is 0 Å². The molecule has 0 heterocycles. The number of anilines is 1. The highest BCUT2D eigenvalue weighted by Crippen LogP contribution is 2.25. The normalized spacial score (nSPS) is 14.8. The Morgan fingerprint density at radius 3 is 2.17 bits per heavy atom. The van der Waals surface area contributed by atoms with Crippen LogP contribution in [0.15, 0.2) is 88.2 Å². The summed E-state index contributed by atoms with van der Waals surface area (Å²) in [5, 5.41) is 3.12. The molecule has 1 fully saturated rings. The summed E-state index contributed by atoms with van der Waals surface area (Å²) < 4.78 is 29.7. The molecule has 4 rings (SSSR count). The monoisotopic (exact) mass is 625 g/mol. The number of benzene rings is 3. The zero-order valence-electron chi connectivity index (χ0n) is 22.9. The number of nitrogens with zero attached hydrogens (tertiary/aromatic N) is 2. The van der Waals surface area contributed by atoms with E-state index in [0.717, 1.165) is 45.6 Å². The fourth-order valence-electron chi connectivity index (χ4n) is 4.90. The molecule has 1 saturated carbocycles. The van der Waals surface area contributed by atoms with Crippen molar-refractivity contribution in [2.45, 2.75) is 69.5 Å². The molecule has 0 spiro atoms. The molecule has 1 N–H and O–H groups in total. The van der Waals surface area contributed by atoms with E-state index in [9.17, 15) is 18.0 Å². The lowest BCUT2D eigenvalue weighted by molar-refractivity contribution is -0.139. The Bertz CT molecular complexity index is 1390. The van der Waals surface area contributed by atoms with Gasteiger partial charge in [-0.05, 0) is 68.7 Å². The number of amides is 2. The molecule has 3 aromatic rings. The van der Waals surface area contributed by atoms with Crippen molar-refractivity contribution in [1.29, 1.82) is 0 Å². The third-order valence-electron chi connectivity index (χ3n) is 7.32. The Morgan fingerprint density at radius 1 is 0.925 bits per heavy atom. The number of nitrogens with one attached hydrogen (secondary N) is 1. The number of carbonyl (C=O) groups is 2. The first kappa shape index (κ1) is 29.8. The minimum atomic E-state index is -4.07. The first-order chi connectivity index (χ1) is 19.1. The van der Waals surface area contributed by atoms with Crippen LogP contribution in [-0.4, -0.2) is 43.8 Å². The summed E-state index contributed by atoms with van der Waals surface area (Å²) in [6, 6.07) is 22.0. The van der Waals surface area contributed by atoms with Gasteiger partial charge in [-0.3, -0.25) is 13.9 Å². The molecule has 1 aliphatic carbocycles. The van der Waals surface area contributed by atoms with E-state index in [0.29, 0.717) is 5.69 Å². The first-order valence-electron chi connectivity index (χ1n) is 13.6. The molecule has 0 saturated heterocycles. The van der Waals surface area contributed by atoms with Crippen molar-refractivity contribution in [2.75, 3.05) is 10.8 Å². The van der Waals surface area contributed by atoms with Gasteiger partial charge in [0.05, 0.1) is 10.6 Å². The van der Waals surface area contributed by atoms with Crippen LogP contribution in [0, 0.1) is 6.92 Å². The van der Waals surface area contributed by atoms with Gasteiger partial charge in [0, 0.05) is 17.1 Å². The number of carbonyl (C=O) groups excluding carboxylic acids is 2. The predicted octanol–water partition coefficient (Wildman–Crippen LogP) is 5.82. The van der Waals surface area contributed by atoms with Crippen LogP contribution in [-0.2, 0) is 26.2 Å². The minimum absolute atomic E-state index is 0.0936. The Balaban J connectivity index is 1.65. The number of para-hydroxylation sites is 1. The van der Waals surface area contributed by atoms with Crippen molar-refractivity contribution in [3.8, 4) is 0 Å². The molecular weight excluding hydrogens is 590 g/mol. The molecule has 0 bridgehead atoms. The summed E-state index contributed by atoms with van der Waals surface area (Å²) in [6.45, 7) is 3.31. The maximum Gasteiger partial charge on any atom is 0.264 e. The van der Waals surface area contributed by atoms with Crippen molar-refractivity contribution < 1.29 is 18.0 Å². The Kier molecular flexibility index (Phi) is 10.0. The van der Waals surface area contributed by atoms with Gasteiger partial charge >= 0.3 is 0 Å². The van der Waals surface area contributed by atoms with Crippen LogP contribution in [0.4, 0.5) is 5.69 Å². The summed E-state index contributed by atoms with van der Waals surface area (Å²) in [4.78, 5) is 28.9. The maximum absolute atomic E-state index is 14.0. The summed E-state index contributed by atoms with van der Waals surface area (Å²) in [5.74, 6) is -0.696. The van der Waals surface area contributed by atoms with Gasteiger partial charge < -0.3 is 10.2 Å². The molecule has 0 radical (unpaired) electrons. The number of sulfonamides is 1. The highest BCUT2D eigenvalue weighted by atomic mass is 79.9. The molecule has 7 nitrogen and oxygen atoms in total. The number of halogens is 1. The number of hydrogen-bond acceptors (Lipinski definition) is 4. The molecule has 0 aliphatic heterocycles. The van der Waals surface area contributed by atoms with E-state index in [2.05, 4.69) is 21.2 Å². The fourth-order valence-corrected chi connectivity index (χ4v) is 6.58. The lowest BCUT2D eigenvalue weighted by Gasteiger charge is -2.33.